The molecule has 5 heteroatoms. The number of methoxy groups -OCH3 is 1. The van der Waals surface area contributed by atoms with Crippen molar-refractivity contribution in [2.45, 2.75) is 0 Å². The summed E-state index contributed by atoms with van der Waals surface area (Å²) in [6.45, 7) is 0. The van der Waals surface area contributed by atoms with Gasteiger partial charge in [-0.15, -0.1) is 0 Å². The highest BCUT2D eigenvalue weighted by atomic mass is 35.5. The number of nitrogens with zero attached hydrogens (tertiary/aromatic N) is 1. The van der Waals surface area contributed by atoms with Crippen LogP contribution in [0.25, 0.3) is 6.08 Å². The first-order valence-corrected chi connectivity index (χ1v) is 6.30. The topological polar surface area (TPSA) is 51.2 Å². The maximum atomic E-state index is 11.7. The summed E-state index contributed by atoms with van der Waals surface area (Å²) in [5.74, 6) is 0.545. The molecular formula is C15H13ClN2O2. The first-order chi connectivity index (χ1) is 9.67. The normalized spacial score (nSPS) is 10.5. The zero-order chi connectivity index (χ0) is 14.4. The quantitative estimate of drug-likeness (QED) is 0.693. The van der Waals surface area contributed by atoms with Gasteiger partial charge in [0.15, 0.2) is 0 Å². The lowest BCUT2D eigenvalue weighted by atomic mass is 10.2. The van der Waals surface area contributed by atoms with E-state index in [9.17, 15) is 4.79 Å². The van der Waals surface area contributed by atoms with Crippen molar-refractivity contribution in [2.75, 3.05) is 12.4 Å². The third-order valence-corrected chi connectivity index (χ3v) is 2.76. The van der Waals surface area contributed by atoms with Crippen LogP contribution in [0.1, 0.15) is 5.56 Å². The van der Waals surface area contributed by atoms with Crippen LogP contribution < -0.4 is 10.1 Å². The van der Waals surface area contributed by atoms with Crippen molar-refractivity contribution >= 4 is 29.3 Å². The fraction of sp³-hybridized carbons (Fsp3) is 0.0667. The van der Waals surface area contributed by atoms with E-state index in [2.05, 4.69) is 10.3 Å². The molecule has 2 aromatic rings. The van der Waals surface area contributed by atoms with Crippen LogP contribution in [-0.4, -0.2) is 18.0 Å². The molecule has 1 amide bonds. The number of pyridine rings is 1. The van der Waals surface area contributed by atoms with E-state index in [0.717, 1.165) is 11.3 Å². The number of carbonyl (C=O) groups is 1. The van der Waals surface area contributed by atoms with Crippen LogP contribution in [0, 0.1) is 0 Å². The van der Waals surface area contributed by atoms with Crippen LogP contribution in [-0.2, 0) is 4.79 Å². The van der Waals surface area contributed by atoms with Gasteiger partial charge >= 0.3 is 0 Å². The molecule has 1 N–H and O–H groups in total. The maximum absolute atomic E-state index is 11.7. The third kappa shape index (κ3) is 4.10. The third-order valence-electron chi connectivity index (χ3n) is 2.54. The Morgan fingerprint density at radius 2 is 2.00 bits per heavy atom. The Bertz CT molecular complexity index is 607. The molecule has 0 spiro atoms. The average molecular weight is 289 g/mol. The minimum absolute atomic E-state index is 0.232. The molecule has 102 valence electrons. The van der Waals surface area contributed by atoms with E-state index in [-0.39, 0.29) is 5.91 Å². The van der Waals surface area contributed by atoms with Crippen LogP contribution in [0.2, 0.25) is 5.15 Å². The molecule has 2 rings (SSSR count). The zero-order valence-electron chi connectivity index (χ0n) is 10.8. The predicted molar refractivity (Wildman–Crippen MR) is 79.9 cm³/mol. The van der Waals surface area contributed by atoms with E-state index in [1.807, 2.05) is 24.3 Å². The Balaban J connectivity index is 1.96. The van der Waals surface area contributed by atoms with Crippen molar-refractivity contribution in [2.24, 2.45) is 0 Å². The van der Waals surface area contributed by atoms with Gasteiger partial charge in [-0.25, -0.2) is 4.98 Å². The Labute approximate surface area is 122 Å². The Hall–Kier alpha value is -2.33. The van der Waals surface area contributed by atoms with E-state index < -0.39 is 0 Å². The zero-order valence-corrected chi connectivity index (χ0v) is 11.6. The van der Waals surface area contributed by atoms with Crippen LogP contribution in [0.5, 0.6) is 5.75 Å². The lowest BCUT2D eigenvalue weighted by molar-refractivity contribution is -0.111. The molecule has 0 atom stereocenters. The number of aromatic nitrogens is 1. The summed E-state index contributed by atoms with van der Waals surface area (Å²) in [5.41, 5.74) is 1.51. The fourth-order valence-electron chi connectivity index (χ4n) is 1.52. The molecule has 0 radical (unpaired) electrons. The van der Waals surface area contributed by atoms with Gasteiger partial charge in [0.2, 0.25) is 5.91 Å². The summed E-state index contributed by atoms with van der Waals surface area (Å²) in [6, 6.07) is 10.7. The molecule has 0 fully saturated rings. The highest BCUT2D eigenvalue weighted by molar-refractivity contribution is 6.29. The van der Waals surface area contributed by atoms with Crippen molar-refractivity contribution < 1.29 is 9.53 Å². The standard InChI is InChI=1S/C15H13ClN2O2/c1-20-13-6-2-11(3-7-13)4-9-15(19)18-12-5-8-14(16)17-10-12/h2-10H,1H3,(H,18,19)/b9-4+. The number of carbonyl (C=O) groups excluding carboxylic acids is 1. The second kappa shape index (κ2) is 6.73. The van der Waals surface area contributed by atoms with Crippen molar-refractivity contribution in [1.82, 2.24) is 4.98 Å². The Morgan fingerprint density at radius 3 is 2.60 bits per heavy atom. The van der Waals surface area contributed by atoms with Gasteiger partial charge in [-0.05, 0) is 35.9 Å². The summed E-state index contributed by atoms with van der Waals surface area (Å²) in [6.07, 6.45) is 4.68. The highest BCUT2D eigenvalue weighted by Gasteiger charge is 1.98. The van der Waals surface area contributed by atoms with Crippen molar-refractivity contribution in [3.63, 3.8) is 0 Å². The summed E-state index contributed by atoms with van der Waals surface area (Å²) in [7, 11) is 1.61. The number of rotatable bonds is 4. The van der Waals surface area contributed by atoms with Gasteiger partial charge in [0.05, 0.1) is 19.0 Å². The number of hydrogen-bond acceptors (Lipinski definition) is 3. The first-order valence-electron chi connectivity index (χ1n) is 5.92. The molecule has 20 heavy (non-hydrogen) atoms. The Kier molecular flexibility index (Phi) is 4.74. The molecule has 0 saturated heterocycles. The minimum Gasteiger partial charge on any atom is -0.497 e. The van der Waals surface area contributed by atoms with Crippen molar-refractivity contribution in [1.29, 1.82) is 0 Å². The number of anilines is 1. The molecule has 0 bridgehead atoms. The van der Waals surface area contributed by atoms with Crippen molar-refractivity contribution in [3.05, 3.63) is 59.4 Å². The van der Waals surface area contributed by atoms with Gasteiger partial charge in [-0.1, -0.05) is 23.7 Å². The second-order valence-electron chi connectivity index (χ2n) is 3.97. The van der Waals surface area contributed by atoms with E-state index in [1.165, 1.54) is 12.3 Å². The fourth-order valence-corrected chi connectivity index (χ4v) is 1.63. The number of ether oxygens (including phenoxy) is 1. The van der Waals surface area contributed by atoms with Gasteiger partial charge in [-0.3, -0.25) is 4.79 Å². The van der Waals surface area contributed by atoms with Gasteiger partial charge in [0, 0.05) is 6.08 Å². The average Bonchev–Trinajstić information content (AvgIpc) is 2.48. The molecule has 0 aliphatic carbocycles. The number of halogens is 1. The van der Waals surface area contributed by atoms with Gasteiger partial charge in [0.1, 0.15) is 10.9 Å². The molecular weight excluding hydrogens is 276 g/mol. The molecule has 1 aromatic heterocycles. The molecule has 0 saturated carbocycles. The summed E-state index contributed by atoms with van der Waals surface area (Å²) in [5, 5.41) is 3.08. The summed E-state index contributed by atoms with van der Waals surface area (Å²) in [4.78, 5) is 15.6. The molecule has 0 aliphatic heterocycles. The second-order valence-corrected chi connectivity index (χ2v) is 4.35. The molecule has 4 nitrogen and oxygen atoms in total. The highest BCUT2D eigenvalue weighted by Crippen LogP contribution is 2.13. The van der Waals surface area contributed by atoms with E-state index in [0.29, 0.717) is 10.8 Å². The predicted octanol–water partition coefficient (Wildman–Crippen LogP) is 3.40. The SMILES string of the molecule is COc1ccc(/C=C/C(=O)Nc2ccc(Cl)nc2)cc1. The molecule has 0 aliphatic rings. The smallest absolute Gasteiger partial charge is 0.248 e. The number of hydrogen-bond donors (Lipinski definition) is 1. The van der Waals surface area contributed by atoms with Crippen LogP contribution in [0.15, 0.2) is 48.7 Å². The molecule has 1 heterocycles. The number of amides is 1. The monoisotopic (exact) mass is 288 g/mol. The first kappa shape index (κ1) is 14.1. The minimum atomic E-state index is -0.232. The lowest BCUT2D eigenvalue weighted by Crippen LogP contribution is -2.07. The lowest BCUT2D eigenvalue weighted by Gasteiger charge is -2.01. The maximum Gasteiger partial charge on any atom is 0.248 e. The van der Waals surface area contributed by atoms with Crippen LogP contribution in [0.3, 0.4) is 0 Å². The van der Waals surface area contributed by atoms with Crippen LogP contribution >= 0.6 is 11.6 Å². The largest absolute Gasteiger partial charge is 0.497 e. The van der Waals surface area contributed by atoms with E-state index in [4.69, 9.17) is 16.3 Å². The van der Waals surface area contributed by atoms with Gasteiger partial charge in [-0.2, -0.15) is 0 Å². The van der Waals surface area contributed by atoms with Crippen molar-refractivity contribution in [3.8, 4) is 5.75 Å². The van der Waals surface area contributed by atoms with E-state index in [1.54, 1.807) is 25.3 Å². The summed E-state index contributed by atoms with van der Waals surface area (Å²) < 4.78 is 5.06. The molecule has 0 unspecified atom stereocenters. The Morgan fingerprint density at radius 1 is 1.25 bits per heavy atom. The molecule has 1 aromatic carbocycles. The summed E-state index contributed by atoms with van der Waals surface area (Å²) >= 11 is 5.67. The van der Waals surface area contributed by atoms with Gasteiger partial charge < -0.3 is 10.1 Å². The number of benzene rings is 1. The van der Waals surface area contributed by atoms with Gasteiger partial charge in [0.25, 0.3) is 0 Å². The number of nitrogens with one attached hydrogen (secondary N) is 1. The van der Waals surface area contributed by atoms with E-state index >= 15 is 0 Å². The van der Waals surface area contributed by atoms with Crippen LogP contribution in [0.4, 0.5) is 5.69 Å².